The fourth-order valence-electron chi connectivity index (χ4n) is 6.22. The number of amides is 2. The molecule has 1 aromatic rings. The molecule has 3 saturated carbocycles. The highest BCUT2D eigenvalue weighted by atomic mass is 16.2. The molecule has 4 aliphatic carbocycles. The first kappa shape index (κ1) is 18.9. The molecule has 2 N–H and O–H groups in total. The lowest BCUT2D eigenvalue weighted by molar-refractivity contribution is -0.129. The van der Waals surface area contributed by atoms with Gasteiger partial charge in [-0.3, -0.25) is 9.59 Å². The number of carbonyl (C=O) groups excluding carboxylic acids is 2. The van der Waals surface area contributed by atoms with Crippen molar-refractivity contribution in [2.75, 3.05) is 6.54 Å². The van der Waals surface area contributed by atoms with Gasteiger partial charge in [-0.2, -0.15) is 0 Å². The molecule has 4 heteroatoms. The zero-order valence-corrected chi connectivity index (χ0v) is 17.2. The Bertz CT molecular complexity index is 805. The van der Waals surface area contributed by atoms with E-state index in [2.05, 4.69) is 47.1 Å². The van der Waals surface area contributed by atoms with Crippen molar-refractivity contribution in [1.82, 2.24) is 10.6 Å². The van der Waals surface area contributed by atoms with E-state index in [1.807, 2.05) is 6.07 Å². The average molecular weight is 393 g/mol. The normalized spacial score (nSPS) is 35.4. The van der Waals surface area contributed by atoms with Crippen LogP contribution in [0.5, 0.6) is 0 Å². The maximum Gasteiger partial charge on any atom is 0.230 e. The lowest BCUT2D eigenvalue weighted by Gasteiger charge is -2.49. The molecular formula is C25H32N2O2. The van der Waals surface area contributed by atoms with E-state index in [1.165, 1.54) is 18.4 Å². The molecule has 2 bridgehead atoms. The Labute approximate surface area is 173 Å². The van der Waals surface area contributed by atoms with E-state index in [9.17, 15) is 9.59 Å². The highest BCUT2D eigenvalue weighted by Crippen LogP contribution is 2.50. The predicted molar refractivity (Wildman–Crippen MR) is 113 cm³/mol. The van der Waals surface area contributed by atoms with E-state index in [0.29, 0.717) is 12.5 Å². The molecule has 0 aliphatic heterocycles. The van der Waals surface area contributed by atoms with Crippen molar-refractivity contribution < 1.29 is 9.59 Å². The van der Waals surface area contributed by atoms with Gasteiger partial charge in [-0.1, -0.05) is 55.3 Å². The van der Waals surface area contributed by atoms with E-state index in [1.54, 1.807) is 0 Å². The highest BCUT2D eigenvalue weighted by molar-refractivity contribution is 5.86. The molecule has 4 nitrogen and oxygen atoms in total. The summed E-state index contributed by atoms with van der Waals surface area (Å²) in [6.07, 6.45) is 13.7. The Balaban J connectivity index is 1.24. The van der Waals surface area contributed by atoms with Crippen molar-refractivity contribution in [3.63, 3.8) is 0 Å². The van der Waals surface area contributed by atoms with Crippen LogP contribution in [0.2, 0.25) is 0 Å². The first-order chi connectivity index (χ1) is 14.1. The maximum atomic E-state index is 13.0. The van der Waals surface area contributed by atoms with Gasteiger partial charge in [0, 0.05) is 23.9 Å². The van der Waals surface area contributed by atoms with Crippen molar-refractivity contribution in [2.45, 2.75) is 69.2 Å². The molecule has 0 spiro atoms. The first-order valence-electron chi connectivity index (χ1n) is 11.4. The second-order valence-corrected chi connectivity index (χ2v) is 9.94. The smallest absolute Gasteiger partial charge is 0.230 e. The molecule has 154 valence electrons. The Kier molecular flexibility index (Phi) is 4.76. The van der Waals surface area contributed by atoms with Crippen LogP contribution in [0.4, 0.5) is 0 Å². The fraction of sp³-hybridized carbons (Fsp3) is 0.600. The van der Waals surface area contributed by atoms with Gasteiger partial charge in [0.05, 0.1) is 5.41 Å². The fourth-order valence-corrected chi connectivity index (χ4v) is 6.22. The van der Waals surface area contributed by atoms with Gasteiger partial charge in [0.25, 0.3) is 0 Å². The van der Waals surface area contributed by atoms with E-state index in [4.69, 9.17) is 0 Å². The lowest BCUT2D eigenvalue weighted by Crippen LogP contribution is -2.59. The van der Waals surface area contributed by atoms with Gasteiger partial charge in [-0.25, -0.2) is 0 Å². The number of benzene rings is 1. The molecule has 29 heavy (non-hydrogen) atoms. The zero-order valence-electron chi connectivity index (χ0n) is 17.2. The van der Waals surface area contributed by atoms with Crippen LogP contribution in [0.1, 0.15) is 63.4 Å². The number of fused-ring (bicyclic) bond motifs is 2. The largest absolute Gasteiger partial charge is 0.354 e. The number of allylic oxidation sites excluding steroid dienone is 1. The molecule has 0 radical (unpaired) electrons. The van der Waals surface area contributed by atoms with Crippen molar-refractivity contribution >= 4 is 11.8 Å². The summed E-state index contributed by atoms with van der Waals surface area (Å²) in [5.41, 5.74) is 0.944. The van der Waals surface area contributed by atoms with E-state index in [-0.39, 0.29) is 34.6 Å². The third kappa shape index (κ3) is 3.41. The number of hydrogen-bond donors (Lipinski definition) is 2. The van der Waals surface area contributed by atoms with Crippen LogP contribution in [-0.2, 0) is 15.0 Å². The Hall–Kier alpha value is -2.10. The number of nitrogens with one attached hydrogen (secondary N) is 2. The van der Waals surface area contributed by atoms with Gasteiger partial charge in [-0.05, 0) is 56.4 Å². The first-order valence-corrected chi connectivity index (χ1v) is 11.4. The van der Waals surface area contributed by atoms with Crippen LogP contribution in [-0.4, -0.2) is 24.4 Å². The zero-order chi connectivity index (χ0) is 19.9. The number of carbonyl (C=O) groups is 2. The molecule has 5 rings (SSSR count). The molecule has 2 amide bonds. The summed E-state index contributed by atoms with van der Waals surface area (Å²) >= 11 is 0. The van der Waals surface area contributed by atoms with Crippen LogP contribution in [0.3, 0.4) is 0 Å². The molecule has 4 aliphatic rings. The molecule has 2 atom stereocenters. The number of rotatable bonds is 6. The van der Waals surface area contributed by atoms with Crippen LogP contribution in [0.25, 0.3) is 0 Å². The van der Waals surface area contributed by atoms with Gasteiger partial charge < -0.3 is 10.6 Å². The second-order valence-electron chi connectivity index (χ2n) is 9.94. The predicted octanol–water partition coefficient (Wildman–Crippen LogP) is 3.87. The van der Waals surface area contributed by atoms with Gasteiger partial charge in [0.2, 0.25) is 11.8 Å². The van der Waals surface area contributed by atoms with Crippen molar-refractivity contribution in [3.8, 4) is 0 Å². The maximum absolute atomic E-state index is 13.0. The van der Waals surface area contributed by atoms with Crippen LogP contribution in [0.15, 0.2) is 42.5 Å². The van der Waals surface area contributed by atoms with E-state index >= 15 is 0 Å². The summed E-state index contributed by atoms with van der Waals surface area (Å²) in [5, 5.41) is 6.60. The highest BCUT2D eigenvalue weighted by Gasteiger charge is 2.49. The molecule has 3 fully saturated rings. The summed E-state index contributed by atoms with van der Waals surface area (Å²) < 4.78 is 0. The molecule has 0 saturated heterocycles. The Morgan fingerprint density at radius 3 is 2.38 bits per heavy atom. The third-order valence-corrected chi connectivity index (χ3v) is 8.05. The molecule has 0 heterocycles. The van der Waals surface area contributed by atoms with Crippen LogP contribution >= 0.6 is 0 Å². The van der Waals surface area contributed by atoms with Crippen LogP contribution < -0.4 is 10.6 Å². The Morgan fingerprint density at radius 1 is 1.00 bits per heavy atom. The second kappa shape index (κ2) is 7.30. The molecule has 0 aromatic heterocycles. The number of hydrogen-bond acceptors (Lipinski definition) is 2. The summed E-state index contributed by atoms with van der Waals surface area (Å²) in [4.78, 5) is 25.6. The minimum Gasteiger partial charge on any atom is -0.354 e. The lowest BCUT2D eigenvalue weighted by atomic mass is 9.61. The van der Waals surface area contributed by atoms with Crippen molar-refractivity contribution in [3.05, 3.63) is 48.0 Å². The standard InChI is InChI=1S/C25H32N2O2/c28-22(19-6-4-5-7-19)27-21-15-25(16-21,20-8-2-1-3-9-20)17-26-23(29)24-12-10-18(14-24)11-13-24/h1-3,8-10,12,18-19,21H,4-7,11,13-17H2,(H,26,29)(H,27,28). The topological polar surface area (TPSA) is 58.2 Å². The van der Waals surface area contributed by atoms with Gasteiger partial charge in [0.15, 0.2) is 0 Å². The summed E-state index contributed by atoms with van der Waals surface area (Å²) in [6.45, 7) is 0.659. The summed E-state index contributed by atoms with van der Waals surface area (Å²) in [6, 6.07) is 10.7. The minimum absolute atomic E-state index is 0.0679. The molecule has 2 unspecified atom stereocenters. The minimum atomic E-state index is -0.262. The van der Waals surface area contributed by atoms with Gasteiger partial charge >= 0.3 is 0 Å². The quantitative estimate of drug-likeness (QED) is 0.722. The summed E-state index contributed by atoms with van der Waals surface area (Å²) in [5.74, 6) is 1.25. The van der Waals surface area contributed by atoms with Crippen LogP contribution in [0, 0.1) is 17.3 Å². The van der Waals surface area contributed by atoms with E-state index in [0.717, 1.165) is 44.9 Å². The Morgan fingerprint density at radius 2 is 1.76 bits per heavy atom. The van der Waals surface area contributed by atoms with E-state index < -0.39 is 0 Å². The average Bonchev–Trinajstić information content (AvgIpc) is 3.48. The van der Waals surface area contributed by atoms with Crippen molar-refractivity contribution in [2.24, 2.45) is 17.3 Å². The summed E-state index contributed by atoms with van der Waals surface area (Å²) in [7, 11) is 0. The van der Waals surface area contributed by atoms with Gasteiger partial charge in [0.1, 0.15) is 0 Å². The monoisotopic (exact) mass is 392 g/mol. The van der Waals surface area contributed by atoms with Gasteiger partial charge in [-0.15, -0.1) is 0 Å². The van der Waals surface area contributed by atoms with Crippen molar-refractivity contribution in [1.29, 1.82) is 0 Å². The SMILES string of the molecule is O=C(NC1CC(CNC(=O)C23C=CC(CC2)C3)(c2ccccc2)C1)C1CCCC1. The molecule has 1 aromatic carbocycles. The molecular weight excluding hydrogens is 360 g/mol. The third-order valence-electron chi connectivity index (χ3n) is 8.05.